The van der Waals surface area contributed by atoms with Gasteiger partial charge in [-0.1, -0.05) is 35.3 Å². The molecule has 1 amide bonds. The number of amides is 1. The van der Waals surface area contributed by atoms with Crippen molar-refractivity contribution in [1.29, 1.82) is 1.34 Å². The fourth-order valence-electron chi connectivity index (χ4n) is 3.63. The molecular formula is C30H25BCl2N8O3U. The maximum atomic E-state index is 12.2. The molecule has 4 aromatic heterocycles. The molecule has 0 aliphatic heterocycles. The van der Waals surface area contributed by atoms with Crippen LogP contribution >= 0.6 is 23.2 Å². The Morgan fingerprint density at radius 3 is 1.82 bits per heavy atom. The van der Waals surface area contributed by atoms with E-state index < -0.39 is 5.97 Å². The maximum Gasteiger partial charge on any atom is 0.356 e. The minimum Gasteiger partial charge on any atom is -0.476 e. The number of carboxylic acids is 1. The second kappa shape index (κ2) is 17.4. The average molecular weight is 867 g/mol. The van der Waals surface area contributed by atoms with Crippen LogP contribution in [-0.4, -0.2) is 56.6 Å². The quantitative estimate of drug-likeness (QED) is 0.152. The summed E-state index contributed by atoms with van der Waals surface area (Å²) in [5.41, 5.74) is 10.0. The molecule has 45 heavy (non-hydrogen) atoms. The SMILES string of the molecule is Cc1cnc(C(=O)Nc2cc(Cl)cc3cccnc23)cn1.Cc1cnc(C(=O)O)cn1.Nc1cc(Cl)cc2cccnc12.[3H][B].[U]. The van der Waals surface area contributed by atoms with Gasteiger partial charge in [0.15, 0.2) is 5.69 Å². The van der Waals surface area contributed by atoms with Gasteiger partial charge in [0.05, 0.1) is 46.2 Å². The van der Waals surface area contributed by atoms with Crippen molar-refractivity contribution < 1.29 is 45.8 Å². The standard InChI is InChI=1S/C15H11ClN4O.C9H7ClN2.C6H6N2O2.BH.U/c1-9-7-19-13(8-18-9)15(21)20-12-6-11(16)5-10-3-2-4-17-14(10)12;10-7-4-6-2-1-3-12-9(6)8(11)5-7;1-4-2-8-5(3-7-4)6(9)10;;/h2-8H,1H3,(H,20,21);1-5H,11H2;2-3H,1H3,(H,9,10);1H;/i;;;1T;. The molecule has 224 valence electrons. The number of anilines is 2. The van der Waals surface area contributed by atoms with Crippen LogP contribution in [0.3, 0.4) is 0 Å². The smallest absolute Gasteiger partial charge is 0.356 e. The summed E-state index contributed by atoms with van der Waals surface area (Å²) in [4.78, 5) is 46.3. The van der Waals surface area contributed by atoms with E-state index in [1.54, 1.807) is 43.7 Å². The summed E-state index contributed by atoms with van der Waals surface area (Å²) in [5.74, 6) is -1.40. The molecule has 0 saturated carbocycles. The average Bonchev–Trinajstić information content (AvgIpc) is 3.03. The number of benzene rings is 2. The van der Waals surface area contributed by atoms with E-state index in [0.29, 0.717) is 32.6 Å². The van der Waals surface area contributed by atoms with Crippen molar-refractivity contribution in [2.24, 2.45) is 0 Å². The van der Waals surface area contributed by atoms with E-state index in [1.165, 1.54) is 18.6 Å². The number of pyridine rings is 2. The number of carbonyl (C=O) groups is 2. The zero-order valence-electron chi connectivity index (χ0n) is 24.9. The molecule has 4 heterocycles. The van der Waals surface area contributed by atoms with Crippen molar-refractivity contribution in [3.8, 4) is 0 Å². The summed E-state index contributed by atoms with van der Waals surface area (Å²) in [6.07, 6.45) is 9.01. The number of nitrogens with zero attached hydrogens (tertiary/aromatic N) is 6. The van der Waals surface area contributed by atoms with E-state index in [2.05, 4.69) is 43.6 Å². The number of nitrogen functional groups attached to an aromatic ring is 1. The zero-order valence-corrected chi connectivity index (χ0v) is 29.6. The molecule has 6 rings (SSSR count). The van der Waals surface area contributed by atoms with Gasteiger partial charge in [-0.05, 0) is 51.6 Å². The number of rotatable bonds is 3. The molecule has 0 saturated heterocycles. The third-order valence-electron chi connectivity index (χ3n) is 5.63. The van der Waals surface area contributed by atoms with E-state index in [-0.39, 0.29) is 48.4 Å². The molecule has 2 radical (unpaired) electrons. The molecule has 0 atom stereocenters. The largest absolute Gasteiger partial charge is 0.476 e. The van der Waals surface area contributed by atoms with E-state index >= 15 is 0 Å². The fraction of sp³-hybridized carbons (Fsp3) is 0.0667. The van der Waals surface area contributed by atoms with Crippen LogP contribution in [0.5, 0.6) is 0 Å². The molecule has 11 nitrogen and oxygen atoms in total. The minimum atomic E-state index is -1.05. The van der Waals surface area contributed by atoms with Crippen molar-refractivity contribution >= 4 is 76.6 Å². The fourth-order valence-corrected chi connectivity index (χ4v) is 4.09. The molecule has 0 bridgehead atoms. The van der Waals surface area contributed by atoms with Gasteiger partial charge in [-0.2, -0.15) is 0 Å². The Morgan fingerprint density at radius 1 is 0.778 bits per heavy atom. The predicted molar refractivity (Wildman–Crippen MR) is 174 cm³/mol. The summed E-state index contributed by atoms with van der Waals surface area (Å²) < 4.78 is 5.25. The van der Waals surface area contributed by atoms with Crippen molar-refractivity contribution in [2.45, 2.75) is 13.8 Å². The van der Waals surface area contributed by atoms with Crippen LogP contribution in [0.25, 0.3) is 21.8 Å². The Hall–Kier alpha value is -4.14. The molecule has 0 unspecified atom stereocenters. The number of aromatic nitrogens is 6. The Bertz CT molecular complexity index is 1920. The van der Waals surface area contributed by atoms with Gasteiger partial charge in [-0.25, -0.2) is 14.8 Å². The van der Waals surface area contributed by atoms with Crippen molar-refractivity contribution in [3.05, 3.63) is 119 Å². The number of hydrogen-bond acceptors (Lipinski definition) is 9. The van der Waals surface area contributed by atoms with E-state index in [0.717, 1.165) is 22.0 Å². The minimum absolute atomic E-state index is 0. The van der Waals surface area contributed by atoms with E-state index in [4.69, 9.17) is 35.4 Å². The predicted octanol–water partition coefficient (Wildman–Crippen LogP) is 5.54. The first kappa shape index (κ1) is 35.3. The number of hydrogen-bond donors (Lipinski definition) is 3. The zero-order chi connectivity index (χ0) is 32.9. The van der Waals surface area contributed by atoms with Gasteiger partial charge >= 0.3 is 5.97 Å². The first-order valence-corrected chi connectivity index (χ1v) is 13.3. The summed E-state index contributed by atoms with van der Waals surface area (Å²) in [7, 11) is 3.75. The first-order chi connectivity index (χ1) is 21.6. The second-order valence-electron chi connectivity index (χ2n) is 8.94. The van der Waals surface area contributed by atoms with Gasteiger partial charge in [0, 0.05) is 85.1 Å². The summed E-state index contributed by atoms with van der Waals surface area (Å²) >= 11 is 11.9. The van der Waals surface area contributed by atoms with E-state index in [1.807, 2.05) is 37.3 Å². The number of carbonyl (C=O) groups excluding carboxylic acids is 1. The van der Waals surface area contributed by atoms with Gasteiger partial charge in [0.25, 0.3) is 5.91 Å². The third-order valence-corrected chi connectivity index (χ3v) is 6.07. The molecule has 6 aromatic rings. The first-order valence-electron chi connectivity index (χ1n) is 13.1. The molecule has 4 N–H and O–H groups in total. The number of fused-ring (bicyclic) bond motifs is 2. The molecule has 15 heteroatoms. The Kier molecular flexibility index (Phi) is 13.6. The second-order valence-corrected chi connectivity index (χ2v) is 9.82. The van der Waals surface area contributed by atoms with Gasteiger partial charge in [-0.3, -0.25) is 24.7 Å². The van der Waals surface area contributed by atoms with Gasteiger partial charge < -0.3 is 16.2 Å². The molecule has 0 aliphatic rings. The van der Waals surface area contributed by atoms with Crippen LogP contribution in [0, 0.1) is 45.0 Å². The van der Waals surface area contributed by atoms with Crippen LogP contribution in [0.2, 0.25) is 10.0 Å². The molecular weight excluding hydrogens is 840 g/mol. The summed E-state index contributed by atoms with van der Waals surface area (Å²) in [6, 6.07) is 14.5. The number of nitrogens with two attached hydrogens (primary N) is 1. The van der Waals surface area contributed by atoms with Crippen LogP contribution in [0.15, 0.2) is 85.7 Å². The Morgan fingerprint density at radius 2 is 1.29 bits per heavy atom. The van der Waals surface area contributed by atoms with Gasteiger partial charge in [0.1, 0.15) is 5.69 Å². The van der Waals surface area contributed by atoms with Crippen LogP contribution < -0.4 is 11.1 Å². The molecule has 0 fully saturated rings. The normalized spacial score (nSPS) is 9.91. The van der Waals surface area contributed by atoms with Crippen molar-refractivity contribution in [1.82, 2.24) is 29.9 Å². The number of nitrogens with one attached hydrogen (secondary N) is 1. The number of halogens is 2. The van der Waals surface area contributed by atoms with Crippen molar-refractivity contribution in [3.63, 3.8) is 0 Å². The number of carboxylic acid groups (broad SMARTS) is 1. The van der Waals surface area contributed by atoms with Gasteiger partial charge in [0.2, 0.25) is 0 Å². The Balaban J connectivity index is 0.000000251. The number of aryl methyl sites for hydroxylation is 2. The molecule has 2 aromatic carbocycles. The van der Waals surface area contributed by atoms with Crippen molar-refractivity contribution in [2.75, 3.05) is 11.1 Å². The molecule has 0 aliphatic carbocycles. The van der Waals surface area contributed by atoms with E-state index in [9.17, 15) is 9.59 Å². The van der Waals surface area contributed by atoms with Crippen LogP contribution in [0.4, 0.5) is 11.4 Å². The maximum absolute atomic E-state index is 12.2. The van der Waals surface area contributed by atoms with Gasteiger partial charge in [-0.15, -0.1) is 0 Å². The third kappa shape index (κ3) is 10.5. The molecule has 0 spiro atoms. The van der Waals surface area contributed by atoms with Crippen LogP contribution in [0.1, 0.15) is 32.4 Å². The summed E-state index contributed by atoms with van der Waals surface area (Å²) in [5, 5.41) is 14.2. The Labute approximate surface area is 295 Å². The topological polar surface area (TPSA) is 170 Å². The summed E-state index contributed by atoms with van der Waals surface area (Å²) in [6.45, 7) is 3.56. The van der Waals surface area contributed by atoms with Crippen LogP contribution in [-0.2, 0) is 0 Å². The number of aromatic carboxylic acids is 1. The monoisotopic (exact) mass is 866 g/mol.